The minimum absolute atomic E-state index is 0.0547. The molecule has 2 aliphatic rings. The van der Waals surface area contributed by atoms with E-state index in [0.717, 1.165) is 24.2 Å². The third-order valence-electron chi connectivity index (χ3n) is 4.93. The number of H-pyrrole nitrogens is 1. The number of nitrogens with zero attached hydrogens (tertiary/aromatic N) is 3. The number of aromatic amines is 1. The number of halogens is 1. The summed E-state index contributed by atoms with van der Waals surface area (Å²) in [7, 11) is 0. The smallest absolute Gasteiger partial charge is 0.274 e. The molecule has 0 bridgehead atoms. The average molecular weight is 374 g/mol. The molecular formula is C18H20ClN5O2. The van der Waals surface area contributed by atoms with Crippen LogP contribution in [-0.2, 0) is 13.0 Å². The molecule has 0 saturated carbocycles. The van der Waals surface area contributed by atoms with Crippen LogP contribution >= 0.6 is 11.6 Å². The van der Waals surface area contributed by atoms with E-state index < -0.39 is 0 Å². The Hall–Kier alpha value is -2.38. The lowest BCUT2D eigenvalue weighted by molar-refractivity contribution is 0.0531. The highest BCUT2D eigenvalue weighted by Crippen LogP contribution is 2.19. The lowest BCUT2D eigenvalue weighted by Gasteiger charge is -2.34. The fourth-order valence-electron chi connectivity index (χ4n) is 3.47. The molecule has 7 nitrogen and oxygen atoms in total. The van der Waals surface area contributed by atoms with Crippen molar-refractivity contribution in [3.63, 3.8) is 0 Å². The second kappa shape index (κ2) is 7.09. The molecule has 1 aromatic heterocycles. The van der Waals surface area contributed by atoms with E-state index in [4.69, 9.17) is 11.6 Å². The molecule has 2 aromatic rings. The van der Waals surface area contributed by atoms with Crippen LogP contribution in [0.4, 0.5) is 0 Å². The number of fused-ring (bicyclic) bond motifs is 1. The molecule has 2 N–H and O–H groups in total. The molecule has 1 fully saturated rings. The first kappa shape index (κ1) is 17.1. The summed E-state index contributed by atoms with van der Waals surface area (Å²) < 4.78 is 0. The van der Waals surface area contributed by atoms with Crippen LogP contribution in [0.3, 0.4) is 0 Å². The molecule has 4 rings (SSSR count). The van der Waals surface area contributed by atoms with Crippen molar-refractivity contribution >= 4 is 23.4 Å². The maximum Gasteiger partial charge on any atom is 0.274 e. The van der Waals surface area contributed by atoms with Crippen LogP contribution in [-0.4, -0.2) is 64.5 Å². The number of hydrogen-bond acceptors (Lipinski definition) is 4. The molecule has 3 heterocycles. The number of hydrogen-bond donors (Lipinski definition) is 2. The van der Waals surface area contributed by atoms with E-state index in [1.807, 2.05) is 0 Å². The van der Waals surface area contributed by atoms with Gasteiger partial charge >= 0.3 is 0 Å². The van der Waals surface area contributed by atoms with Crippen molar-refractivity contribution in [2.45, 2.75) is 13.0 Å². The number of rotatable bonds is 2. The molecule has 1 aromatic carbocycles. The van der Waals surface area contributed by atoms with Crippen LogP contribution in [0.1, 0.15) is 32.1 Å². The summed E-state index contributed by atoms with van der Waals surface area (Å²) in [6.07, 6.45) is 0.859. The Morgan fingerprint density at radius 3 is 2.54 bits per heavy atom. The van der Waals surface area contributed by atoms with Gasteiger partial charge in [-0.1, -0.05) is 17.7 Å². The number of amides is 2. The molecule has 0 radical (unpaired) electrons. The first-order valence-electron chi connectivity index (χ1n) is 8.74. The van der Waals surface area contributed by atoms with Crippen molar-refractivity contribution in [1.29, 1.82) is 0 Å². The quantitative estimate of drug-likeness (QED) is 0.831. The summed E-state index contributed by atoms with van der Waals surface area (Å²) in [5.74, 6) is -0.123. The van der Waals surface area contributed by atoms with Crippen LogP contribution in [0.5, 0.6) is 0 Å². The SMILES string of the molecule is O=C(c1cccc(Cl)c1)N1CCN(C(=O)c2n[nH]c3c2CNCC3)CC1. The van der Waals surface area contributed by atoms with Crippen molar-refractivity contribution in [2.75, 3.05) is 32.7 Å². The van der Waals surface area contributed by atoms with E-state index in [1.54, 1.807) is 34.1 Å². The number of benzene rings is 1. The highest BCUT2D eigenvalue weighted by molar-refractivity contribution is 6.30. The number of carbonyl (C=O) groups excluding carboxylic acids is 2. The average Bonchev–Trinajstić information content (AvgIpc) is 3.11. The van der Waals surface area contributed by atoms with Gasteiger partial charge in [0.2, 0.25) is 0 Å². The van der Waals surface area contributed by atoms with Gasteiger partial charge in [-0.2, -0.15) is 5.10 Å². The second-order valence-electron chi connectivity index (χ2n) is 6.55. The van der Waals surface area contributed by atoms with Gasteiger partial charge in [0.25, 0.3) is 11.8 Å². The van der Waals surface area contributed by atoms with E-state index in [-0.39, 0.29) is 11.8 Å². The molecule has 0 spiro atoms. The van der Waals surface area contributed by atoms with Crippen LogP contribution in [0.15, 0.2) is 24.3 Å². The lowest BCUT2D eigenvalue weighted by atomic mass is 10.1. The van der Waals surface area contributed by atoms with Gasteiger partial charge in [0.1, 0.15) is 0 Å². The maximum atomic E-state index is 12.8. The molecule has 2 aliphatic heterocycles. The minimum atomic E-state index is -0.0685. The van der Waals surface area contributed by atoms with Gasteiger partial charge in [-0.05, 0) is 18.2 Å². The Kier molecular flexibility index (Phi) is 4.65. The van der Waals surface area contributed by atoms with Crippen LogP contribution in [0, 0.1) is 0 Å². The van der Waals surface area contributed by atoms with Gasteiger partial charge in [0.15, 0.2) is 5.69 Å². The van der Waals surface area contributed by atoms with Gasteiger partial charge in [0.05, 0.1) is 0 Å². The zero-order chi connectivity index (χ0) is 18.1. The van der Waals surface area contributed by atoms with Crippen molar-refractivity contribution in [1.82, 2.24) is 25.3 Å². The molecule has 8 heteroatoms. The highest BCUT2D eigenvalue weighted by atomic mass is 35.5. The Morgan fingerprint density at radius 1 is 1.08 bits per heavy atom. The Balaban J connectivity index is 1.41. The first-order valence-corrected chi connectivity index (χ1v) is 9.12. The van der Waals surface area contributed by atoms with Gasteiger partial charge in [0, 0.05) is 67.5 Å². The molecular weight excluding hydrogens is 354 g/mol. The molecule has 0 atom stereocenters. The van der Waals surface area contributed by atoms with Crippen molar-refractivity contribution in [3.8, 4) is 0 Å². The summed E-state index contributed by atoms with van der Waals surface area (Å²) in [6, 6.07) is 6.94. The largest absolute Gasteiger partial charge is 0.335 e. The zero-order valence-electron chi connectivity index (χ0n) is 14.3. The van der Waals surface area contributed by atoms with Crippen molar-refractivity contribution < 1.29 is 9.59 Å². The topological polar surface area (TPSA) is 81.3 Å². The summed E-state index contributed by atoms with van der Waals surface area (Å²) in [5, 5.41) is 11.0. The maximum absolute atomic E-state index is 12.8. The summed E-state index contributed by atoms with van der Waals surface area (Å²) >= 11 is 5.97. The predicted octanol–water partition coefficient (Wildman–Crippen LogP) is 1.31. The Morgan fingerprint density at radius 2 is 1.81 bits per heavy atom. The van der Waals surface area contributed by atoms with Gasteiger partial charge in [-0.15, -0.1) is 0 Å². The zero-order valence-corrected chi connectivity index (χ0v) is 15.1. The van der Waals surface area contributed by atoms with Crippen LogP contribution in [0.25, 0.3) is 0 Å². The van der Waals surface area contributed by atoms with Gasteiger partial charge in [-0.25, -0.2) is 0 Å². The van der Waals surface area contributed by atoms with E-state index in [2.05, 4.69) is 15.5 Å². The predicted molar refractivity (Wildman–Crippen MR) is 97.3 cm³/mol. The molecule has 1 saturated heterocycles. The molecule has 26 heavy (non-hydrogen) atoms. The van der Waals surface area contributed by atoms with E-state index in [0.29, 0.717) is 49.0 Å². The third-order valence-corrected chi connectivity index (χ3v) is 5.17. The molecule has 0 aliphatic carbocycles. The summed E-state index contributed by atoms with van der Waals surface area (Å²) in [6.45, 7) is 3.57. The molecule has 2 amide bonds. The van der Waals surface area contributed by atoms with Crippen LogP contribution < -0.4 is 5.32 Å². The fourth-order valence-corrected chi connectivity index (χ4v) is 3.66. The number of piperazine rings is 1. The Bertz CT molecular complexity index is 842. The third kappa shape index (κ3) is 3.20. The number of aromatic nitrogens is 2. The van der Waals surface area contributed by atoms with Crippen molar-refractivity contribution in [2.24, 2.45) is 0 Å². The lowest BCUT2D eigenvalue weighted by Crippen LogP contribution is -2.50. The summed E-state index contributed by atoms with van der Waals surface area (Å²) in [4.78, 5) is 28.9. The second-order valence-corrected chi connectivity index (χ2v) is 6.99. The standard InChI is InChI=1S/C18H20ClN5O2/c19-13-3-1-2-12(10-13)17(25)23-6-8-24(9-7-23)18(26)16-14-11-20-5-4-15(14)21-22-16/h1-3,10,20H,4-9,11H2,(H,21,22). The van der Waals surface area contributed by atoms with E-state index in [9.17, 15) is 9.59 Å². The van der Waals surface area contributed by atoms with E-state index >= 15 is 0 Å². The molecule has 0 unspecified atom stereocenters. The first-order chi connectivity index (χ1) is 12.6. The fraction of sp³-hybridized carbons (Fsp3) is 0.389. The minimum Gasteiger partial charge on any atom is -0.335 e. The Labute approximate surface area is 156 Å². The molecule has 136 valence electrons. The summed E-state index contributed by atoms with van der Waals surface area (Å²) in [5.41, 5.74) is 3.09. The van der Waals surface area contributed by atoms with E-state index in [1.165, 1.54) is 0 Å². The van der Waals surface area contributed by atoms with Crippen LogP contribution in [0.2, 0.25) is 5.02 Å². The van der Waals surface area contributed by atoms with Crippen molar-refractivity contribution in [3.05, 3.63) is 51.8 Å². The van der Waals surface area contributed by atoms with Gasteiger partial charge in [-0.3, -0.25) is 14.7 Å². The monoisotopic (exact) mass is 373 g/mol. The number of carbonyl (C=O) groups is 2. The van der Waals surface area contributed by atoms with Gasteiger partial charge < -0.3 is 15.1 Å². The number of nitrogens with one attached hydrogen (secondary N) is 2. The normalized spacial score (nSPS) is 17.1. The highest BCUT2D eigenvalue weighted by Gasteiger charge is 2.29.